The Labute approximate surface area is 105 Å². The van der Waals surface area contributed by atoms with Crippen molar-refractivity contribution in [1.82, 2.24) is 9.80 Å². The molecule has 5 nitrogen and oxygen atoms in total. The van der Waals surface area contributed by atoms with Gasteiger partial charge in [0, 0.05) is 18.7 Å². The average molecular weight is 246 g/mol. The molecule has 1 atom stereocenters. The molecule has 0 unspecified atom stereocenters. The number of amides is 2. The Hall–Kier alpha value is -2.04. The molecule has 2 fully saturated rings. The molecule has 1 aromatic carbocycles. The van der Waals surface area contributed by atoms with Crippen molar-refractivity contribution in [1.29, 1.82) is 0 Å². The third-order valence-electron chi connectivity index (χ3n) is 3.39. The second-order valence-electron chi connectivity index (χ2n) is 4.47. The lowest BCUT2D eigenvalue weighted by Crippen LogP contribution is -2.54. The first-order valence-electron chi connectivity index (χ1n) is 6.07. The van der Waals surface area contributed by atoms with Crippen LogP contribution in [0, 0.1) is 0 Å². The fraction of sp³-hybridized carbons (Fsp3) is 0.385. The molecule has 0 bridgehead atoms. The van der Waals surface area contributed by atoms with E-state index < -0.39 is 0 Å². The van der Waals surface area contributed by atoms with E-state index in [4.69, 9.17) is 4.74 Å². The molecule has 2 saturated heterocycles. The van der Waals surface area contributed by atoms with E-state index in [1.54, 1.807) is 21.9 Å². The van der Waals surface area contributed by atoms with Crippen molar-refractivity contribution in [3.63, 3.8) is 0 Å². The van der Waals surface area contributed by atoms with Gasteiger partial charge in [-0.3, -0.25) is 9.69 Å². The summed E-state index contributed by atoms with van der Waals surface area (Å²) in [6.45, 7) is 1.62. The zero-order chi connectivity index (χ0) is 12.5. The molecule has 0 N–H and O–H groups in total. The summed E-state index contributed by atoms with van der Waals surface area (Å²) in [5.41, 5.74) is 0.652. The first-order valence-corrected chi connectivity index (χ1v) is 6.07. The van der Waals surface area contributed by atoms with Gasteiger partial charge in [0.15, 0.2) is 0 Å². The Kier molecular flexibility index (Phi) is 2.66. The molecule has 0 saturated carbocycles. The highest BCUT2D eigenvalue weighted by Crippen LogP contribution is 2.23. The van der Waals surface area contributed by atoms with E-state index in [0.29, 0.717) is 18.7 Å². The molecule has 0 radical (unpaired) electrons. The molecule has 2 amide bonds. The summed E-state index contributed by atoms with van der Waals surface area (Å²) in [4.78, 5) is 27.2. The van der Waals surface area contributed by atoms with Gasteiger partial charge in [0.05, 0.1) is 0 Å². The van der Waals surface area contributed by atoms with E-state index in [-0.39, 0.29) is 24.8 Å². The molecular weight excluding hydrogens is 232 g/mol. The lowest BCUT2D eigenvalue weighted by molar-refractivity contribution is 0.0373. The van der Waals surface area contributed by atoms with Crippen LogP contribution in [0.4, 0.5) is 4.79 Å². The molecular formula is C13H14N2O3. The van der Waals surface area contributed by atoms with E-state index in [1.807, 2.05) is 18.2 Å². The summed E-state index contributed by atoms with van der Waals surface area (Å²) in [6, 6.07) is 9.13. The minimum atomic E-state index is -0.314. The van der Waals surface area contributed by atoms with Crippen LogP contribution in [0.15, 0.2) is 30.3 Å². The Morgan fingerprint density at radius 1 is 1.22 bits per heavy atom. The summed E-state index contributed by atoms with van der Waals surface area (Å²) >= 11 is 0. The van der Waals surface area contributed by atoms with Gasteiger partial charge in [-0.1, -0.05) is 18.2 Å². The SMILES string of the molecule is O=C1OC[C@H]2N1CCCN2C(=O)c1ccccc1. The largest absolute Gasteiger partial charge is 0.445 e. The summed E-state index contributed by atoms with van der Waals surface area (Å²) in [6.07, 6.45) is 0.244. The van der Waals surface area contributed by atoms with Gasteiger partial charge in [0.25, 0.3) is 5.91 Å². The standard InChI is InChI=1S/C13H14N2O3/c16-12(10-5-2-1-3-6-10)14-7-4-8-15-11(14)9-18-13(15)17/h1-3,5-6,11H,4,7-9H2/t11-/m1/s1. The second kappa shape index (κ2) is 4.33. The summed E-state index contributed by atoms with van der Waals surface area (Å²) in [5.74, 6) is -0.0383. The highest BCUT2D eigenvalue weighted by Gasteiger charge is 2.41. The van der Waals surface area contributed by atoms with Crippen LogP contribution < -0.4 is 0 Å². The predicted molar refractivity (Wildman–Crippen MR) is 63.9 cm³/mol. The van der Waals surface area contributed by atoms with Gasteiger partial charge in [0.1, 0.15) is 12.8 Å². The average Bonchev–Trinajstić information content (AvgIpc) is 2.81. The van der Waals surface area contributed by atoms with Crippen LogP contribution in [0.5, 0.6) is 0 Å². The normalized spacial score (nSPS) is 22.7. The van der Waals surface area contributed by atoms with Crippen molar-refractivity contribution in [2.75, 3.05) is 19.7 Å². The first-order chi connectivity index (χ1) is 8.77. The maximum Gasteiger partial charge on any atom is 0.411 e. The number of hydrogen-bond acceptors (Lipinski definition) is 3. The Morgan fingerprint density at radius 2 is 2.00 bits per heavy atom. The van der Waals surface area contributed by atoms with E-state index in [2.05, 4.69) is 0 Å². The monoisotopic (exact) mass is 246 g/mol. The molecule has 1 aromatic rings. The molecule has 3 rings (SSSR count). The number of fused-ring (bicyclic) bond motifs is 1. The first kappa shape index (κ1) is 11.1. The third kappa shape index (κ3) is 1.72. The molecule has 18 heavy (non-hydrogen) atoms. The predicted octanol–water partition coefficient (Wildman–Crippen LogP) is 1.31. The van der Waals surface area contributed by atoms with Crippen molar-refractivity contribution < 1.29 is 14.3 Å². The molecule has 2 aliphatic heterocycles. The van der Waals surface area contributed by atoms with Gasteiger partial charge < -0.3 is 9.64 Å². The van der Waals surface area contributed by atoms with Crippen LogP contribution in [0.25, 0.3) is 0 Å². The maximum atomic E-state index is 12.4. The number of hydrogen-bond donors (Lipinski definition) is 0. The van der Waals surface area contributed by atoms with Crippen LogP contribution in [0.2, 0.25) is 0 Å². The van der Waals surface area contributed by atoms with Crippen LogP contribution in [0.3, 0.4) is 0 Å². The number of rotatable bonds is 1. The van der Waals surface area contributed by atoms with Crippen LogP contribution >= 0.6 is 0 Å². The number of nitrogens with zero attached hydrogens (tertiary/aromatic N) is 2. The van der Waals surface area contributed by atoms with Crippen molar-refractivity contribution >= 4 is 12.0 Å². The lowest BCUT2D eigenvalue weighted by atomic mass is 10.1. The van der Waals surface area contributed by atoms with Crippen molar-refractivity contribution in [3.05, 3.63) is 35.9 Å². The molecule has 0 spiro atoms. The van der Waals surface area contributed by atoms with E-state index >= 15 is 0 Å². The third-order valence-corrected chi connectivity index (χ3v) is 3.39. The van der Waals surface area contributed by atoms with Gasteiger partial charge in [0.2, 0.25) is 0 Å². The molecule has 0 aromatic heterocycles. The zero-order valence-corrected chi connectivity index (χ0v) is 9.91. The quantitative estimate of drug-likeness (QED) is 0.750. The van der Waals surface area contributed by atoms with Gasteiger partial charge in [-0.05, 0) is 18.6 Å². The van der Waals surface area contributed by atoms with Crippen molar-refractivity contribution in [2.24, 2.45) is 0 Å². The number of ether oxygens (including phenoxy) is 1. The Balaban J connectivity index is 1.84. The fourth-order valence-corrected chi connectivity index (χ4v) is 2.48. The lowest BCUT2D eigenvalue weighted by Gasteiger charge is -2.37. The fourth-order valence-electron chi connectivity index (χ4n) is 2.48. The van der Waals surface area contributed by atoms with Crippen molar-refractivity contribution in [3.8, 4) is 0 Å². The minimum absolute atomic E-state index is 0.0383. The zero-order valence-electron chi connectivity index (χ0n) is 9.91. The molecule has 2 aliphatic rings. The summed E-state index contributed by atoms with van der Waals surface area (Å²) < 4.78 is 5.01. The highest BCUT2D eigenvalue weighted by atomic mass is 16.6. The van der Waals surface area contributed by atoms with Crippen LogP contribution in [-0.4, -0.2) is 47.7 Å². The van der Waals surface area contributed by atoms with Gasteiger partial charge in [-0.2, -0.15) is 0 Å². The minimum Gasteiger partial charge on any atom is -0.445 e. The number of cyclic esters (lactones) is 1. The van der Waals surface area contributed by atoms with Crippen molar-refractivity contribution in [2.45, 2.75) is 12.6 Å². The molecule has 2 heterocycles. The number of benzene rings is 1. The van der Waals surface area contributed by atoms with Crippen LogP contribution in [0.1, 0.15) is 16.8 Å². The van der Waals surface area contributed by atoms with Gasteiger partial charge in [-0.25, -0.2) is 4.79 Å². The maximum absolute atomic E-state index is 12.4. The molecule has 94 valence electrons. The van der Waals surface area contributed by atoms with E-state index in [9.17, 15) is 9.59 Å². The molecule has 5 heteroatoms. The van der Waals surface area contributed by atoms with E-state index in [0.717, 1.165) is 6.42 Å². The molecule has 0 aliphatic carbocycles. The van der Waals surface area contributed by atoms with Gasteiger partial charge >= 0.3 is 6.09 Å². The van der Waals surface area contributed by atoms with Crippen LogP contribution in [-0.2, 0) is 4.74 Å². The van der Waals surface area contributed by atoms with Gasteiger partial charge in [-0.15, -0.1) is 0 Å². The Morgan fingerprint density at radius 3 is 2.78 bits per heavy atom. The smallest absolute Gasteiger partial charge is 0.411 e. The number of carbonyl (C=O) groups is 2. The number of carbonyl (C=O) groups excluding carboxylic acids is 2. The summed E-state index contributed by atoms with van der Waals surface area (Å²) in [5, 5.41) is 0. The summed E-state index contributed by atoms with van der Waals surface area (Å²) in [7, 11) is 0. The Bertz CT molecular complexity index is 474. The topological polar surface area (TPSA) is 49.9 Å². The van der Waals surface area contributed by atoms with E-state index in [1.165, 1.54) is 0 Å². The second-order valence-corrected chi connectivity index (χ2v) is 4.47. The highest BCUT2D eigenvalue weighted by molar-refractivity contribution is 5.94.